The molecule has 4 nitrogen and oxygen atoms in total. The van der Waals surface area contributed by atoms with Gasteiger partial charge in [0.15, 0.2) is 0 Å². The Balaban J connectivity index is -0.000000569. The van der Waals surface area contributed by atoms with Crippen LogP contribution in [0.5, 0.6) is 11.5 Å². The lowest BCUT2D eigenvalue weighted by atomic mass is 10.1. The minimum Gasteiger partial charge on any atom is -0.507 e. The number of allylic oxidation sites excluding steroid dienone is 3. The maximum atomic E-state index is 13.1. The van der Waals surface area contributed by atoms with Crippen molar-refractivity contribution in [2.45, 2.75) is 147 Å². The van der Waals surface area contributed by atoms with E-state index in [9.17, 15) is 14.6 Å². The number of hydrogen-bond donors (Lipinski definition) is 3. The molecule has 0 heterocycles. The molecule has 0 aliphatic carbocycles. The minimum absolute atomic E-state index is 0.0171. The van der Waals surface area contributed by atoms with Gasteiger partial charge in [0, 0.05) is 12.2 Å². The van der Waals surface area contributed by atoms with E-state index in [0.717, 1.165) is 22.5 Å². The maximum absolute atomic E-state index is 13.1. The zero-order valence-electron chi connectivity index (χ0n) is 31.5. The summed E-state index contributed by atoms with van der Waals surface area (Å²) in [5, 5.41) is 22.5. The molecule has 5 heteroatoms. The van der Waals surface area contributed by atoms with Gasteiger partial charge < -0.3 is 15.5 Å². The van der Waals surface area contributed by atoms with Crippen molar-refractivity contribution in [3.05, 3.63) is 95.1 Å². The highest BCUT2D eigenvalue weighted by Crippen LogP contribution is 2.27. The summed E-state index contributed by atoms with van der Waals surface area (Å²) >= 11 is 0. The zero-order chi connectivity index (χ0) is 35.9. The molecule has 262 valence electrons. The average molecular weight is 641 g/mol. The minimum atomic E-state index is -0.152. The molecule has 0 amide bonds. The second-order valence-electron chi connectivity index (χ2n) is 11.2. The van der Waals surface area contributed by atoms with E-state index < -0.39 is 0 Å². The van der Waals surface area contributed by atoms with Crippen molar-refractivity contribution in [3.63, 3.8) is 0 Å². The fraction of sp³-hybridized carbons (Fsp3) is 0.537. The number of aryl methyl sites for hydroxylation is 1. The van der Waals surface area contributed by atoms with Crippen LogP contribution >= 0.6 is 0 Å². The summed E-state index contributed by atoms with van der Waals surface area (Å²) in [7, 11) is 0. The summed E-state index contributed by atoms with van der Waals surface area (Å²) in [5.41, 5.74) is 4.99. The molecule has 0 radical (unpaired) electrons. The van der Waals surface area contributed by atoms with Gasteiger partial charge in [-0.1, -0.05) is 143 Å². The van der Waals surface area contributed by atoms with Crippen LogP contribution in [-0.2, 0) is 6.54 Å². The predicted octanol–water partition coefficient (Wildman–Crippen LogP) is 13.1. The molecular weight excluding hydrogens is 571 g/mol. The van der Waals surface area contributed by atoms with E-state index in [4.69, 9.17) is 0 Å². The standard InChI is InChI=1S/C14H17NO2.C11H14FN.C10H22.C4H10.C2H6/c1-5-11(9(2)3)15-10(4)14-12(16)7-6-8-13(14)17;1-8(2)13-7-10-5-4-9(3)11(12)6-10;1-3-5-7-9-10-8-6-4-2;1-3-4-2;1-2/h5-8,16-17H,2H2,1,3-4H3;4-6,13H,1,7H2,2-3H3;3-10H2,1-2H3;3-4H2,1-2H3;1-2H3/b11-5+,15-10?;;;;. The summed E-state index contributed by atoms with van der Waals surface area (Å²) in [6.07, 6.45) is 15.9. The van der Waals surface area contributed by atoms with E-state index in [1.54, 1.807) is 32.0 Å². The highest BCUT2D eigenvalue weighted by Gasteiger charge is 2.10. The fourth-order valence-electron chi connectivity index (χ4n) is 3.75. The van der Waals surface area contributed by atoms with E-state index in [2.05, 4.69) is 51.2 Å². The summed E-state index contributed by atoms with van der Waals surface area (Å²) in [6, 6.07) is 9.86. The van der Waals surface area contributed by atoms with Gasteiger partial charge in [0.25, 0.3) is 0 Å². The van der Waals surface area contributed by atoms with Gasteiger partial charge in [-0.2, -0.15) is 0 Å². The van der Waals surface area contributed by atoms with Gasteiger partial charge in [0.1, 0.15) is 17.3 Å². The quantitative estimate of drug-likeness (QED) is 0.109. The summed E-state index contributed by atoms with van der Waals surface area (Å²) < 4.78 is 13.1. The van der Waals surface area contributed by atoms with Crippen molar-refractivity contribution in [2.75, 3.05) is 0 Å². The number of hydrogen-bond acceptors (Lipinski definition) is 4. The number of benzene rings is 2. The maximum Gasteiger partial charge on any atom is 0.128 e. The van der Waals surface area contributed by atoms with Crippen LogP contribution in [0.4, 0.5) is 4.39 Å². The normalized spacial score (nSPS) is 10.4. The number of rotatable bonds is 14. The van der Waals surface area contributed by atoms with E-state index in [0.29, 0.717) is 23.4 Å². The fourth-order valence-corrected chi connectivity index (χ4v) is 3.75. The lowest BCUT2D eigenvalue weighted by Crippen LogP contribution is -2.09. The number of unbranched alkanes of at least 4 members (excludes halogenated alkanes) is 8. The smallest absolute Gasteiger partial charge is 0.128 e. The number of phenols is 2. The number of phenolic OH excluding ortho intramolecular Hbond substituents is 2. The van der Waals surface area contributed by atoms with Gasteiger partial charge in [0.2, 0.25) is 0 Å². The molecule has 0 bridgehead atoms. The topological polar surface area (TPSA) is 64.9 Å². The lowest BCUT2D eigenvalue weighted by Gasteiger charge is -2.08. The van der Waals surface area contributed by atoms with E-state index in [-0.39, 0.29) is 17.3 Å². The molecule has 2 aromatic carbocycles. The Morgan fingerprint density at radius 1 is 0.804 bits per heavy atom. The van der Waals surface area contributed by atoms with E-state index in [1.165, 1.54) is 76.3 Å². The van der Waals surface area contributed by atoms with Crippen LogP contribution in [0.25, 0.3) is 0 Å². The van der Waals surface area contributed by atoms with Crippen LogP contribution in [0.3, 0.4) is 0 Å². The third kappa shape index (κ3) is 24.9. The van der Waals surface area contributed by atoms with Gasteiger partial charge in [-0.15, -0.1) is 0 Å². The Hall–Kier alpha value is -3.34. The second-order valence-corrected chi connectivity index (χ2v) is 11.2. The average Bonchev–Trinajstić information content (AvgIpc) is 3.03. The molecule has 2 aromatic rings. The largest absolute Gasteiger partial charge is 0.507 e. The highest BCUT2D eigenvalue weighted by molar-refractivity contribution is 6.04. The highest BCUT2D eigenvalue weighted by atomic mass is 19.1. The van der Waals surface area contributed by atoms with Gasteiger partial charge in [-0.25, -0.2) is 4.39 Å². The van der Waals surface area contributed by atoms with Gasteiger partial charge in [0.05, 0.1) is 17.0 Å². The Morgan fingerprint density at radius 2 is 1.28 bits per heavy atom. The number of aliphatic imine (C=N–C) groups is 1. The first kappa shape index (κ1) is 47.1. The van der Waals surface area contributed by atoms with Crippen molar-refractivity contribution in [1.29, 1.82) is 0 Å². The van der Waals surface area contributed by atoms with Crippen LogP contribution in [-0.4, -0.2) is 15.9 Å². The molecule has 0 aliphatic heterocycles. The molecule has 0 aromatic heterocycles. The molecule has 2 rings (SSSR count). The predicted molar refractivity (Wildman–Crippen MR) is 204 cm³/mol. The Morgan fingerprint density at radius 3 is 1.65 bits per heavy atom. The monoisotopic (exact) mass is 641 g/mol. The molecule has 0 aliphatic rings. The summed E-state index contributed by atoms with van der Waals surface area (Å²) in [5.74, 6) is -0.118. The van der Waals surface area contributed by atoms with Crippen LogP contribution in [0, 0.1) is 12.7 Å². The van der Waals surface area contributed by atoms with Crippen LogP contribution in [0.15, 0.2) is 77.6 Å². The van der Waals surface area contributed by atoms with Crippen LogP contribution in [0.2, 0.25) is 0 Å². The molecular formula is C41H69FN2O2. The van der Waals surface area contributed by atoms with Crippen LogP contribution in [0.1, 0.15) is 150 Å². The third-order valence-electron chi connectivity index (χ3n) is 6.67. The number of aromatic hydroxyl groups is 2. The molecule has 0 saturated carbocycles. The van der Waals surface area contributed by atoms with Gasteiger partial charge in [-0.3, -0.25) is 4.99 Å². The molecule has 0 atom stereocenters. The third-order valence-corrected chi connectivity index (χ3v) is 6.67. The van der Waals surface area contributed by atoms with Crippen LogP contribution < -0.4 is 5.32 Å². The summed E-state index contributed by atoms with van der Waals surface area (Å²) in [6.45, 7) is 30.2. The van der Waals surface area contributed by atoms with Gasteiger partial charge >= 0.3 is 0 Å². The van der Waals surface area contributed by atoms with Gasteiger partial charge in [-0.05, 0) is 69.5 Å². The lowest BCUT2D eigenvalue weighted by molar-refractivity contribution is 0.448. The van der Waals surface area contributed by atoms with E-state index in [1.807, 2.05) is 46.8 Å². The first-order valence-electron chi connectivity index (χ1n) is 17.4. The number of halogens is 1. The molecule has 0 spiro atoms. The van der Waals surface area contributed by atoms with Crippen molar-refractivity contribution in [3.8, 4) is 11.5 Å². The van der Waals surface area contributed by atoms with Crippen molar-refractivity contribution >= 4 is 5.71 Å². The SMILES string of the molecule is C=C(C)/C(=C\C)N=C(C)c1c(O)cccc1O.C=C(C)NCc1ccc(C)c(F)c1.CC.CCCC.CCCCCCCCCC. The number of nitrogens with one attached hydrogen (secondary N) is 1. The summed E-state index contributed by atoms with van der Waals surface area (Å²) in [4.78, 5) is 4.34. The molecule has 46 heavy (non-hydrogen) atoms. The Kier molecular flexibility index (Phi) is 32.4. The Labute approximate surface area is 283 Å². The van der Waals surface area contributed by atoms with Crippen molar-refractivity contribution in [1.82, 2.24) is 5.32 Å². The molecule has 0 fully saturated rings. The van der Waals surface area contributed by atoms with E-state index >= 15 is 0 Å². The number of nitrogens with zero attached hydrogens (tertiary/aromatic N) is 1. The first-order valence-corrected chi connectivity index (χ1v) is 17.4. The van der Waals surface area contributed by atoms with Crippen molar-refractivity contribution in [2.24, 2.45) is 4.99 Å². The molecule has 0 unspecified atom stereocenters. The zero-order valence-corrected chi connectivity index (χ0v) is 31.5. The molecule has 0 saturated heterocycles. The molecule has 3 N–H and O–H groups in total. The van der Waals surface area contributed by atoms with Crippen molar-refractivity contribution < 1.29 is 14.6 Å². The Bertz CT molecular complexity index is 1110. The second kappa shape index (κ2) is 31.6. The first-order chi connectivity index (χ1) is 21.9.